The van der Waals surface area contributed by atoms with E-state index >= 15 is 0 Å². The topological polar surface area (TPSA) is 69.0 Å². The van der Waals surface area contributed by atoms with Gasteiger partial charge in [0.05, 0.1) is 6.20 Å². The molecule has 0 saturated carbocycles. The van der Waals surface area contributed by atoms with Gasteiger partial charge in [-0.2, -0.15) is 5.10 Å². The Bertz CT molecular complexity index is 707. The number of hydrogen-bond acceptors (Lipinski definition) is 4. The van der Waals surface area contributed by atoms with E-state index in [4.69, 9.17) is 0 Å². The van der Waals surface area contributed by atoms with Gasteiger partial charge in [-0.3, -0.25) is 4.79 Å². The van der Waals surface area contributed by atoms with E-state index < -0.39 is 15.7 Å². The fourth-order valence-electron chi connectivity index (χ4n) is 1.49. The molecule has 0 atom stereocenters. The van der Waals surface area contributed by atoms with Crippen molar-refractivity contribution in [3.05, 3.63) is 42.0 Å². The van der Waals surface area contributed by atoms with E-state index in [0.29, 0.717) is 6.29 Å². The summed E-state index contributed by atoms with van der Waals surface area (Å²) in [6.45, 7) is 0. The third-order valence-corrected chi connectivity index (χ3v) is 3.43. The average molecular weight is 268 g/mol. The maximum Gasteiger partial charge on any atom is 0.178 e. The molecule has 0 radical (unpaired) electrons. The summed E-state index contributed by atoms with van der Waals surface area (Å²) in [6.07, 6.45) is 3.79. The fourth-order valence-corrected chi connectivity index (χ4v) is 2.02. The van der Waals surface area contributed by atoms with Gasteiger partial charge in [0.2, 0.25) is 0 Å². The number of halogens is 1. The minimum absolute atomic E-state index is 0.0393. The molecule has 0 fully saturated rings. The van der Waals surface area contributed by atoms with Gasteiger partial charge in [-0.1, -0.05) is 6.07 Å². The lowest BCUT2D eigenvalue weighted by atomic mass is 10.2. The Balaban J connectivity index is 2.63. The van der Waals surface area contributed by atoms with Crippen LogP contribution in [0.25, 0.3) is 5.69 Å². The molecule has 0 bridgehead atoms. The van der Waals surface area contributed by atoms with Crippen molar-refractivity contribution in [2.75, 3.05) is 6.26 Å². The van der Waals surface area contributed by atoms with Crippen molar-refractivity contribution in [2.24, 2.45) is 0 Å². The van der Waals surface area contributed by atoms with Crippen LogP contribution in [0.4, 0.5) is 4.39 Å². The first-order valence-electron chi connectivity index (χ1n) is 4.92. The second-order valence-electron chi connectivity index (χ2n) is 3.69. The van der Waals surface area contributed by atoms with Gasteiger partial charge in [0.1, 0.15) is 16.4 Å². The van der Waals surface area contributed by atoms with Crippen LogP contribution < -0.4 is 0 Å². The highest BCUT2D eigenvalue weighted by Crippen LogP contribution is 2.18. The average Bonchev–Trinajstić information content (AvgIpc) is 2.77. The maximum atomic E-state index is 13.7. The van der Waals surface area contributed by atoms with Gasteiger partial charge in [-0.25, -0.2) is 17.5 Å². The van der Waals surface area contributed by atoms with E-state index in [1.807, 2.05) is 0 Å². The Hall–Kier alpha value is -2.02. The van der Waals surface area contributed by atoms with Crippen LogP contribution >= 0.6 is 0 Å². The van der Waals surface area contributed by atoms with Crippen LogP contribution in [0, 0.1) is 5.82 Å². The third kappa shape index (κ3) is 2.17. The summed E-state index contributed by atoms with van der Waals surface area (Å²) in [7, 11) is -3.42. The number of hydrogen-bond donors (Lipinski definition) is 0. The van der Waals surface area contributed by atoms with Crippen molar-refractivity contribution in [3.63, 3.8) is 0 Å². The van der Waals surface area contributed by atoms with Crippen LogP contribution in [-0.4, -0.2) is 30.7 Å². The van der Waals surface area contributed by atoms with Crippen LogP contribution in [0.5, 0.6) is 0 Å². The quantitative estimate of drug-likeness (QED) is 0.785. The molecule has 2 aromatic rings. The molecule has 1 aromatic carbocycles. The summed E-state index contributed by atoms with van der Waals surface area (Å²) < 4.78 is 37.3. The highest BCUT2D eigenvalue weighted by atomic mass is 32.2. The summed E-state index contributed by atoms with van der Waals surface area (Å²) in [6, 6.07) is 3.99. The molecular weight excluding hydrogens is 259 g/mol. The minimum atomic E-state index is -3.42. The number of rotatable bonds is 3. The summed E-state index contributed by atoms with van der Waals surface area (Å²) in [5.74, 6) is -0.650. The predicted octanol–water partition coefficient (Wildman–Crippen LogP) is 1.23. The molecule has 0 aliphatic rings. The molecule has 0 spiro atoms. The zero-order valence-electron chi connectivity index (χ0n) is 9.37. The van der Waals surface area contributed by atoms with Gasteiger partial charge in [-0.05, 0) is 12.1 Å². The van der Waals surface area contributed by atoms with Crippen molar-refractivity contribution >= 4 is 16.1 Å². The number of benzene rings is 1. The number of carbonyl (C=O) groups excluding carboxylic acids is 1. The normalized spacial score (nSPS) is 11.4. The predicted molar refractivity (Wildman–Crippen MR) is 62.0 cm³/mol. The van der Waals surface area contributed by atoms with Crippen LogP contribution in [0.15, 0.2) is 35.5 Å². The Kier molecular flexibility index (Phi) is 3.00. The van der Waals surface area contributed by atoms with Crippen molar-refractivity contribution in [1.29, 1.82) is 0 Å². The zero-order chi connectivity index (χ0) is 13.3. The van der Waals surface area contributed by atoms with Crippen molar-refractivity contribution in [2.45, 2.75) is 4.90 Å². The summed E-state index contributed by atoms with van der Waals surface area (Å²) in [5, 5.41) is 3.76. The molecule has 18 heavy (non-hydrogen) atoms. The SMILES string of the molecule is CS(=O)(=O)c1cnn(-c2c(F)cccc2C=O)c1. The number of aldehydes is 1. The summed E-state index contributed by atoms with van der Waals surface area (Å²) in [5.41, 5.74) is 0.0283. The van der Waals surface area contributed by atoms with Crippen LogP contribution in [0.1, 0.15) is 10.4 Å². The largest absolute Gasteiger partial charge is 0.298 e. The molecule has 2 rings (SSSR count). The van der Waals surface area contributed by atoms with Crippen LogP contribution in [0.2, 0.25) is 0 Å². The Morgan fingerprint density at radius 2 is 2.11 bits per heavy atom. The fraction of sp³-hybridized carbons (Fsp3) is 0.0909. The third-order valence-electron chi connectivity index (χ3n) is 2.36. The summed E-state index contributed by atoms with van der Waals surface area (Å²) in [4.78, 5) is 10.8. The number of sulfone groups is 1. The second kappa shape index (κ2) is 4.34. The van der Waals surface area contributed by atoms with Crippen LogP contribution in [0.3, 0.4) is 0 Å². The van der Waals surface area contributed by atoms with Crippen molar-refractivity contribution < 1.29 is 17.6 Å². The van der Waals surface area contributed by atoms with E-state index in [1.54, 1.807) is 0 Å². The number of nitrogens with zero attached hydrogens (tertiary/aromatic N) is 2. The Labute approximate surface area is 103 Å². The lowest BCUT2D eigenvalue weighted by Crippen LogP contribution is -2.03. The lowest BCUT2D eigenvalue weighted by Gasteiger charge is -2.05. The van der Waals surface area contributed by atoms with Crippen molar-refractivity contribution in [3.8, 4) is 5.69 Å². The highest BCUT2D eigenvalue weighted by Gasteiger charge is 2.15. The number of para-hydroxylation sites is 1. The van der Waals surface area contributed by atoms with Crippen molar-refractivity contribution in [1.82, 2.24) is 9.78 Å². The van der Waals surface area contributed by atoms with E-state index in [2.05, 4.69) is 5.10 Å². The first-order valence-corrected chi connectivity index (χ1v) is 6.81. The highest BCUT2D eigenvalue weighted by molar-refractivity contribution is 7.90. The van der Waals surface area contributed by atoms with E-state index in [-0.39, 0.29) is 16.1 Å². The molecule has 7 heteroatoms. The molecule has 0 amide bonds. The molecular formula is C11H9FN2O3S. The monoisotopic (exact) mass is 268 g/mol. The number of carbonyl (C=O) groups is 1. The first-order chi connectivity index (χ1) is 8.43. The van der Waals surface area contributed by atoms with Gasteiger partial charge in [0.25, 0.3) is 0 Å². The van der Waals surface area contributed by atoms with Crippen LogP contribution in [-0.2, 0) is 9.84 Å². The van der Waals surface area contributed by atoms with Gasteiger partial charge in [-0.15, -0.1) is 0 Å². The lowest BCUT2D eigenvalue weighted by molar-refractivity contribution is 0.112. The van der Waals surface area contributed by atoms with Gasteiger partial charge >= 0.3 is 0 Å². The second-order valence-corrected chi connectivity index (χ2v) is 5.70. The first kappa shape index (κ1) is 12.4. The van der Waals surface area contributed by atoms with E-state index in [1.165, 1.54) is 24.4 Å². The molecule has 0 N–H and O–H groups in total. The van der Waals surface area contributed by atoms with Gasteiger partial charge < -0.3 is 0 Å². The molecule has 5 nitrogen and oxygen atoms in total. The zero-order valence-corrected chi connectivity index (χ0v) is 10.2. The Morgan fingerprint density at radius 3 is 2.67 bits per heavy atom. The molecule has 0 aliphatic heterocycles. The smallest absolute Gasteiger partial charge is 0.178 e. The summed E-state index contributed by atoms with van der Waals surface area (Å²) >= 11 is 0. The molecule has 1 heterocycles. The van der Waals surface area contributed by atoms with Gasteiger partial charge in [0.15, 0.2) is 16.1 Å². The molecule has 94 valence electrons. The molecule has 0 unspecified atom stereocenters. The van der Waals surface area contributed by atoms with E-state index in [9.17, 15) is 17.6 Å². The Morgan fingerprint density at radius 1 is 1.39 bits per heavy atom. The standard InChI is InChI=1S/C11H9FN2O3S/c1-18(16,17)9-5-13-14(6-9)11-8(7-15)3-2-4-10(11)12/h2-7H,1H3. The van der Waals surface area contributed by atoms with Gasteiger partial charge in [0, 0.05) is 18.0 Å². The molecule has 0 aliphatic carbocycles. The number of aromatic nitrogens is 2. The van der Waals surface area contributed by atoms with E-state index in [0.717, 1.165) is 17.1 Å². The molecule has 0 saturated heterocycles. The maximum absolute atomic E-state index is 13.7. The minimum Gasteiger partial charge on any atom is -0.298 e. The molecule has 1 aromatic heterocycles.